The van der Waals surface area contributed by atoms with Gasteiger partial charge in [-0.2, -0.15) is 0 Å². The lowest BCUT2D eigenvalue weighted by molar-refractivity contribution is 1.08. The zero-order valence-corrected chi connectivity index (χ0v) is 5.49. The largest absolute Gasteiger partial charge is 0.366 e. The van der Waals surface area contributed by atoms with Crippen molar-refractivity contribution in [2.75, 3.05) is 0 Å². The lowest BCUT2D eigenvalue weighted by Gasteiger charge is -1.94. The first-order valence-electron chi connectivity index (χ1n) is 3.23. The SMILES string of the molecule is c1ccn(-c2cc[nH]c2)c1. The molecule has 0 amide bonds. The van der Waals surface area contributed by atoms with Crippen molar-refractivity contribution < 1.29 is 0 Å². The first-order chi connectivity index (χ1) is 4.97. The van der Waals surface area contributed by atoms with Gasteiger partial charge < -0.3 is 9.55 Å². The summed E-state index contributed by atoms with van der Waals surface area (Å²) in [6.07, 6.45) is 7.90. The molecule has 0 atom stereocenters. The highest BCUT2D eigenvalue weighted by Gasteiger charge is 1.90. The zero-order chi connectivity index (χ0) is 6.81. The highest BCUT2D eigenvalue weighted by atomic mass is 15.0. The van der Waals surface area contributed by atoms with Gasteiger partial charge in [-0.1, -0.05) is 0 Å². The molecule has 0 radical (unpaired) electrons. The fourth-order valence-electron chi connectivity index (χ4n) is 0.982. The first-order valence-corrected chi connectivity index (χ1v) is 3.23. The van der Waals surface area contributed by atoms with Crippen molar-refractivity contribution in [1.82, 2.24) is 9.55 Å². The van der Waals surface area contributed by atoms with Gasteiger partial charge in [-0.3, -0.25) is 0 Å². The molecule has 2 aromatic rings. The van der Waals surface area contributed by atoms with Crippen molar-refractivity contribution in [2.24, 2.45) is 0 Å². The summed E-state index contributed by atoms with van der Waals surface area (Å²) < 4.78 is 2.05. The summed E-state index contributed by atoms with van der Waals surface area (Å²) in [5.74, 6) is 0. The molecule has 50 valence electrons. The number of hydrogen-bond acceptors (Lipinski definition) is 0. The van der Waals surface area contributed by atoms with Crippen LogP contribution in [0.4, 0.5) is 0 Å². The van der Waals surface area contributed by atoms with Gasteiger partial charge in [-0.25, -0.2) is 0 Å². The molecule has 2 nitrogen and oxygen atoms in total. The first kappa shape index (κ1) is 5.35. The van der Waals surface area contributed by atoms with Gasteiger partial charge in [0.05, 0.1) is 5.69 Å². The predicted molar refractivity (Wildman–Crippen MR) is 40.1 cm³/mol. The van der Waals surface area contributed by atoms with E-state index in [-0.39, 0.29) is 0 Å². The van der Waals surface area contributed by atoms with Gasteiger partial charge in [0.1, 0.15) is 0 Å². The number of hydrogen-bond donors (Lipinski definition) is 1. The van der Waals surface area contributed by atoms with E-state index in [9.17, 15) is 0 Å². The predicted octanol–water partition coefficient (Wildman–Crippen LogP) is 1.81. The number of nitrogens with one attached hydrogen (secondary N) is 1. The van der Waals surface area contributed by atoms with Crippen LogP contribution in [0.2, 0.25) is 0 Å². The monoisotopic (exact) mass is 132 g/mol. The highest BCUT2D eigenvalue weighted by Crippen LogP contribution is 2.04. The summed E-state index contributed by atoms with van der Waals surface area (Å²) in [5, 5.41) is 0. The van der Waals surface area contributed by atoms with Crippen molar-refractivity contribution in [3.05, 3.63) is 43.0 Å². The number of aromatic nitrogens is 2. The Morgan fingerprint density at radius 3 is 2.60 bits per heavy atom. The van der Waals surface area contributed by atoms with E-state index in [0.29, 0.717) is 0 Å². The highest BCUT2D eigenvalue weighted by molar-refractivity contribution is 5.28. The fourth-order valence-corrected chi connectivity index (χ4v) is 0.982. The van der Waals surface area contributed by atoms with Crippen LogP contribution in [0.15, 0.2) is 43.0 Å². The Balaban J connectivity index is 2.48. The van der Waals surface area contributed by atoms with Crippen LogP contribution in [-0.4, -0.2) is 9.55 Å². The molecule has 1 N–H and O–H groups in total. The molecule has 0 aromatic carbocycles. The third-order valence-electron chi connectivity index (χ3n) is 1.48. The number of H-pyrrole nitrogens is 1. The molecule has 10 heavy (non-hydrogen) atoms. The number of rotatable bonds is 1. The Hall–Kier alpha value is -1.44. The van der Waals surface area contributed by atoms with Crippen LogP contribution < -0.4 is 0 Å². The lowest BCUT2D eigenvalue weighted by Crippen LogP contribution is -1.83. The van der Waals surface area contributed by atoms with Crippen molar-refractivity contribution >= 4 is 0 Å². The summed E-state index contributed by atoms with van der Waals surface area (Å²) in [7, 11) is 0. The van der Waals surface area contributed by atoms with E-state index in [0.717, 1.165) is 0 Å². The lowest BCUT2D eigenvalue weighted by atomic mass is 10.5. The maximum absolute atomic E-state index is 3.00. The molecule has 2 heterocycles. The Labute approximate surface area is 59.1 Å². The second-order valence-electron chi connectivity index (χ2n) is 2.16. The van der Waals surface area contributed by atoms with Crippen molar-refractivity contribution in [3.8, 4) is 5.69 Å². The third kappa shape index (κ3) is 0.739. The van der Waals surface area contributed by atoms with Crippen LogP contribution in [0.5, 0.6) is 0 Å². The van der Waals surface area contributed by atoms with Gasteiger partial charge in [0.2, 0.25) is 0 Å². The van der Waals surface area contributed by atoms with Gasteiger partial charge in [-0.05, 0) is 18.2 Å². The van der Waals surface area contributed by atoms with Gasteiger partial charge in [0, 0.05) is 24.8 Å². The van der Waals surface area contributed by atoms with E-state index in [1.165, 1.54) is 5.69 Å². The summed E-state index contributed by atoms with van der Waals surface area (Å²) >= 11 is 0. The van der Waals surface area contributed by atoms with Crippen molar-refractivity contribution in [1.29, 1.82) is 0 Å². The molecule has 0 saturated carbocycles. The van der Waals surface area contributed by atoms with Gasteiger partial charge in [0.25, 0.3) is 0 Å². The van der Waals surface area contributed by atoms with Gasteiger partial charge >= 0.3 is 0 Å². The second kappa shape index (κ2) is 2.06. The molecule has 0 bridgehead atoms. The standard InChI is InChI=1S/C8H8N2/c1-2-6-10(5-1)8-3-4-9-7-8/h1-7,9H. The molecule has 0 saturated heterocycles. The normalized spacial score (nSPS) is 10.0. The summed E-state index contributed by atoms with van der Waals surface area (Å²) in [5.41, 5.74) is 1.17. The molecule has 2 rings (SSSR count). The maximum Gasteiger partial charge on any atom is 0.0624 e. The zero-order valence-electron chi connectivity index (χ0n) is 5.49. The minimum Gasteiger partial charge on any atom is -0.366 e. The molecule has 0 aliphatic carbocycles. The van der Waals surface area contributed by atoms with Gasteiger partial charge in [0.15, 0.2) is 0 Å². The Bertz CT molecular complexity index is 247. The minimum absolute atomic E-state index is 1.17. The molecular weight excluding hydrogens is 124 g/mol. The van der Waals surface area contributed by atoms with Crippen LogP contribution in [0.3, 0.4) is 0 Å². The molecule has 0 aliphatic rings. The summed E-state index contributed by atoms with van der Waals surface area (Å²) in [6, 6.07) is 6.04. The van der Waals surface area contributed by atoms with E-state index in [1.54, 1.807) is 0 Å². The maximum atomic E-state index is 3.00. The average molecular weight is 132 g/mol. The van der Waals surface area contributed by atoms with Crippen LogP contribution in [0.1, 0.15) is 0 Å². The molecule has 0 spiro atoms. The molecule has 0 fully saturated rings. The van der Waals surface area contributed by atoms with Crippen LogP contribution >= 0.6 is 0 Å². The Kier molecular flexibility index (Phi) is 1.10. The summed E-state index contributed by atoms with van der Waals surface area (Å²) in [6.45, 7) is 0. The van der Waals surface area contributed by atoms with Crippen molar-refractivity contribution in [2.45, 2.75) is 0 Å². The molecule has 0 unspecified atom stereocenters. The number of aromatic amines is 1. The van der Waals surface area contributed by atoms with E-state index >= 15 is 0 Å². The van der Waals surface area contributed by atoms with Crippen LogP contribution in [-0.2, 0) is 0 Å². The van der Waals surface area contributed by atoms with Crippen LogP contribution in [0.25, 0.3) is 5.69 Å². The molecular formula is C8H8N2. The van der Waals surface area contributed by atoms with Gasteiger partial charge in [-0.15, -0.1) is 0 Å². The average Bonchev–Trinajstić information content (AvgIpc) is 2.59. The third-order valence-corrected chi connectivity index (χ3v) is 1.48. The second-order valence-corrected chi connectivity index (χ2v) is 2.16. The van der Waals surface area contributed by atoms with E-state index in [1.807, 2.05) is 43.0 Å². The topological polar surface area (TPSA) is 20.7 Å². The molecule has 2 aromatic heterocycles. The Morgan fingerprint density at radius 1 is 1.20 bits per heavy atom. The van der Waals surface area contributed by atoms with E-state index in [2.05, 4.69) is 9.55 Å². The Morgan fingerprint density at radius 2 is 2.00 bits per heavy atom. The fraction of sp³-hybridized carbons (Fsp3) is 0. The minimum atomic E-state index is 1.17. The van der Waals surface area contributed by atoms with Crippen LogP contribution in [0, 0.1) is 0 Å². The number of nitrogens with zero attached hydrogens (tertiary/aromatic N) is 1. The van der Waals surface area contributed by atoms with E-state index in [4.69, 9.17) is 0 Å². The quantitative estimate of drug-likeness (QED) is 0.610. The molecule has 2 heteroatoms. The van der Waals surface area contributed by atoms with E-state index < -0.39 is 0 Å². The van der Waals surface area contributed by atoms with Crippen molar-refractivity contribution in [3.63, 3.8) is 0 Å². The molecule has 0 aliphatic heterocycles. The summed E-state index contributed by atoms with van der Waals surface area (Å²) in [4.78, 5) is 3.00. The smallest absolute Gasteiger partial charge is 0.0624 e.